The topological polar surface area (TPSA) is 78.5 Å². The first kappa shape index (κ1) is 16.4. The van der Waals surface area contributed by atoms with Crippen molar-refractivity contribution in [3.05, 3.63) is 23.8 Å². The summed E-state index contributed by atoms with van der Waals surface area (Å²) in [6.45, 7) is 4.87. The Morgan fingerprint density at radius 3 is 2.87 bits per heavy atom. The maximum atomic E-state index is 12.5. The highest BCUT2D eigenvalue weighted by atomic mass is 32.2. The van der Waals surface area contributed by atoms with Crippen LogP contribution in [0.2, 0.25) is 0 Å². The number of nitrogens with one attached hydrogen (secondary N) is 2. The van der Waals surface area contributed by atoms with Crippen molar-refractivity contribution in [2.45, 2.75) is 50.1 Å². The van der Waals surface area contributed by atoms with E-state index in [0.717, 1.165) is 30.6 Å². The first-order valence-corrected chi connectivity index (χ1v) is 9.52. The summed E-state index contributed by atoms with van der Waals surface area (Å²) in [5.74, 6) is -0.0164. The largest absolute Gasteiger partial charge is 0.313 e. The molecule has 0 spiro atoms. The number of nitrogens with zero attached hydrogens (tertiary/aromatic N) is 1. The Hall–Kier alpha value is -1.44. The molecule has 0 saturated carbocycles. The van der Waals surface area contributed by atoms with Gasteiger partial charge in [-0.2, -0.15) is 0 Å². The molecule has 0 bridgehead atoms. The minimum Gasteiger partial charge on any atom is -0.313 e. The first-order valence-electron chi connectivity index (χ1n) is 8.04. The summed E-state index contributed by atoms with van der Waals surface area (Å²) in [5, 5.41) is 3.28. The van der Waals surface area contributed by atoms with Crippen molar-refractivity contribution in [2.24, 2.45) is 0 Å². The summed E-state index contributed by atoms with van der Waals surface area (Å²) in [6, 6.07) is 5.29. The van der Waals surface area contributed by atoms with Gasteiger partial charge in [-0.1, -0.05) is 0 Å². The Bertz CT molecular complexity index is 711. The minimum atomic E-state index is -3.52. The summed E-state index contributed by atoms with van der Waals surface area (Å²) in [7, 11) is -3.52. The molecule has 2 atom stereocenters. The number of sulfonamides is 1. The van der Waals surface area contributed by atoms with E-state index in [1.165, 1.54) is 6.92 Å². The molecule has 1 fully saturated rings. The molecular weight excluding hydrogens is 314 g/mol. The summed E-state index contributed by atoms with van der Waals surface area (Å²) in [5.41, 5.74) is 1.73. The van der Waals surface area contributed by atoms with Gasteiger partial charge in [0.05, 0.1) is 4.90 Å². The van der Waals surface area contributed by atoms with Crippen LogP contribution in [0.15, 0.2) is 23.1 Å². The molecule has 1 saturated heterocycles. The molecule has 1 aromatic carbocycles. The second-order valence-electron chi connectivity index (χ2n) is 6.38. The lowest BCUT2D eigenvalue weighted by Gasteiger charge is -2.20. The van der Waals surface area contributed by atoms with Gasteiger partial charge in [-0.05, 0) is 56.5 Å². The van der Waals surface area contributed by atoms with Crippen LogP contribution in [0.5, 0.6) is 0 Å². The van der Waals surface area contributed by atoms with E-state index in [4.69, 9.17) is 0 Å². The van der Waals surface area contributed by atoms with E-state index >= 15 is 0 Å². The third-order valence-corrected chi connectivity index (χ3v) is 6.02. The lowest BCUT2D eigenvalue weighted by atomic mass is 10.1. The average Bonchev–Trinajstić information content (AvgIpc) is 3.10. The van der Waals surface area contributed by atoms with Gasteiger partial charge in [0, 0.05) is 31.2 Å². The van der Waals surface area contributed by atoms with E-state index in [-0.39, 0.29) is 22.9 Å². The van der Waals surface area contributed by atoms with Gasteiger partial charge >= 0.3 is 0 Å². The molecule has 3 rings (SSSR count). The van der Waals surface area contributed by atoms with Crippen molar-refractivity contribution in [1.29, 1.82) is 0 Å². The van der Waals surface area contributed by atoms with E-state index in [9.17, 15) is 13.2 Å². The molecule has 0 radical (unpaired) electrons. The predicted octanol–water partition coefficient (Wildman–Crippen LogP) is 1.01. The van der Waals surface area contributed by atoms with E-state index in [2.05, 4.69) is 10.0 Å². The van der Waals surface area contributed by atoms with Gasteiger partial charge < -0.3 is 10.2 Å². The molecule has 23 heavy (non-hydrogen) atoms. The van der Waals surface area contributed by atoms with Crippen LogP contribution < -0.4 is 14.9 Å². The highest BCUT2D eigenvalue weighted by Crippen LogP contribution is 2.33. The van der Waals surface area contributed by atoms with Gasteiger partial charge in [0.15, 0.2) is 0 Å². The first-order chi connectivity index (χ1) is 10.9. The minimum absolute atomic E-state index is 0.0164. The van der Waals surface area contributed by atoms with Gasteiger partial charge in [-0.25, -0.2) is 13.1 Å². The molecule has 1 amide bonds. The molecule has 6 nitrogen and oxygen atoms in total. The van der Waals surface area contributed by atoms with Crippen LogP contribution in [0.4, 0.5) is 5.69 Å². The number of carbonyl (C=O) groups excluding carboxylic acids is 1. The molecular formula is C16H23N3O3S. The summed E-state index contributed by atoms with van der Waals surface area (Å²) in [6.07, 6.45) is 2.77. The van der Waals surface area contributed by atoms with E-state index in [0.29, 0.717) is 13.0 Å². The molecule has 0 aromatic heterocycles. The molecule has 7 heteroatoms. The molecule has 126 valence electrons. The normalized spacial score (nSPS) is 24.0. The SMILES string of the molecule is CC(=O)N1c2ccc(S(=O)(=O)NCC3CCCN3)cc2CC1C. The molecule has 2 N–H and O–H groups in total. The second-order valence-corrected chi connectivity index (χ2v) is 8.14. The highest BCUT2D eigenvalue weighted by Gasteiger charge is 2.30. The standard InChI is InChI=1S/C16H23N3O3S/c1-11-8-13-9-15(5-6-16(13)19(11)12(2)20)23(21,22)18-10-14-4-3-7-17-14/h5-6,9,11,14,17-18H,3-4,7-8,10H2,1-2H3. The van der Waals surface area contributed by atoms with Gasteiger partial charge in [0.1, 0.15) is 0 Å². The van der Waals surface area contributed by atoms with Crippen LogP contribution in [0, 0.1) is 0 Å². The average molecular weight is 337 g/mol. The molecule has 0 aliphatic carbocycles. The number of anilines is 1. The number of hydrogen-bond acceptors (Lipinski definition) is 4. The Balaban J connectivity index is 1.79. The van der Waals surface area contributed by atoms with E-state index < -0.39 is 10.0 Å². The maximum Gasteiger partial charge on any atom is 0.240 e. The van der Waals surface area contributed by atoms with Crippen molar-refractivity contribution < 1.29 is 13.2 Å². The fourth-order valence-electron chi connectivity index (χ4n) is 3.48. The molecule has 2 unspecified atom stereocenters. The zero-order chi connectivity index (χ0) is 16.6. The van der Waals surface area contributed by atoms with E-state index in [1.54, 1.807) is 23.1 Å². The van der Waals surface area contributed by atoms with Crippen molar-refractivity contribution in [3.63, 3.8) is 0 Å². The van der Waals surface area contributed by atoms with Gasteiger partial charge in [-0.15, -0.1) is 0 Å². The lowest BCUT2D eigenvalue weighted by molar-refractivity contribution is -0.116. The fraction of sp³-hybridized carbons (Fsp3) is 0.562. The molecule has 2 aliphatic rings. The van der Waals surface area contributed by atoms with Gasteiger partial charge in [-0.3, -0.25) is 4.79 Å². The smallest absolute Gasteiger partial charge is 0.240 e. The fourth-order valence-corrected chi connectivity index (χ4v) is 4.61. The number of fused-ring (bicyclic) bond motifs is 1. The Labute approximate surface area is 137 Å². The van der Waals surface area contributed by atoms with Crippen molar-refractivity contribution >= 4 is 21.6 Å². The summed E-state index contributed by atoms with van der Waals surface area (Å²) in [4.78, 5) is 13.7. The molecule has 1 aromatic rings. The third kappa shape index (κ3) is 3.27. The second kappa shape index (κ2) is 6.22. The number of rotatable bonds is 4. The van der Waals surface area contributed by atoms with Gasteiger partial charge in [0.25, 0.3) is 0 Å². The Kier molecular flexibility index (Phi) is 4.44. The number of benzene rings is 1. The summed E-state index contributed by atoms with van der Waals surface area (Å²) >= 11 is 0. The van der Waals surface area contributed by atoms with Crippen molar-refractivity contribution in [2.75, 3.05) is 18.0 Å². The van der Waals surface area contributed by atoms with Crippen LogP contribution in [0.3, 0.4) is 0 Å². The lowest BCUT2D eigenvalue weighted by Crippen LogP contribution is -2.37. The monoisotopic (exact) mass is 337 g/mol. The number of carbonyl (C=O) groups is 1. The quantitative estimate of drug-likeness (QED) is 0.860. The van der Waals surface area contributed by atoms with Crippen LogP contribution in [0.1, 0.15) is 32.3 Å². The van der Waals surface area contributed by atoms with Gasteiger partial charge in [0.2, 0.25) is 15.9 Å². The summed E-state index contributed by atoms with van der Waals surface area (Å²) < 4.78 is 27.6. The van der Waals surface area contributed by atoms with Crippen LogP contribution in [-0.2, 0) is 21.2 Å². The van der Waals surface area contributed by atoms with Crippen molar-refractivity contribution in [1.82, 2.24) is 10.0 Å². The van der Waals surface area contributed by atoms with Crippen LogP contribution in [-0.4, -0.2) is 39.5 Å². The Morgan fingerprint density at radius 1 is 1.43 bits per heavy atom. The van der Waals surface area contributed by atoms with E-state index in [1.807, 2.05) is 6.92 Å². The third-order valence-electron chi connectivity index (χ3n) is 4.60. The Morgan fingerprint density at radius 2 is 2.22 bits per heavy atom. The van der Waals surface area contributed by atoms with Crippen LogP contribution in [0.25, 0.3) is 0 Å². The molecule has 2 aliphatic heterocycles. The van der Waals surface area contributed by atoms with Crippen LogP contribution >= 0.6 is 0 Å². The number of hydrogen-bond donors (Lipinski definition) is 2. The zero-order valence-electron chi connectivity index (χ0n) is 13.5. The predicted molar refractivity (Wildman–Crippen MR) is 89.0 cm³/mol. The number of amides is 1. The molecule has 2 heterocycles. The maximum absolute atomic E-state index is 12.5. The zero-order valence-corrected chi connectivity index (χ0v) is 14.3. The highest BCUT2D eigenvalue weighted by molar-refractivity contribution is 7.89. The van der Waals surface area contributed by atoms with Crippen molar-refractivity contribution in [3.8, 4) is 0 Å².